The molecule has 2 atom stereocenters. The summed E-state index contributed by atoms with van der Waals surface area (Å²) in [6.45, 7) is 4.07. The number of hydrogen-bond donors (Lipinski definition) is 1. The van der Waals surface area contributed by atoms with Gasteiger partial charge in [-0.25, -0.2) is 0 Å². The molecule has 0 saturated heterocycles. The van der Waals surface area contributed by atoms with Crippen LogP contribution in [0.1, 0.15) is 37.4 Å². The van der Waals surface area contributed by atoms with Gasteiger partial charge in [0, 0.05) is 11.6 Å². The van der Waals surface area contributed by atoms with Gasteiger partial charge in [-0.2, -0.15) is 5.26 Å². The summed E-state index contributed by atoms with van der Waals surface area (Å²) in [6, 6.07) is 7.98. The Morgan fingerprint density at radius 2 is 2.12 bits per heavy atom. The Morgan fingerprint density at radius 1 is 1.41 bits per heavy atom. The third-order valence-corrected chi connectivity index (χ3v) is 3.10. The summed E-state index contributed by atoms with van der Waals surface area (Å²) < 4.78 is 5.32. The summed E-state index contributed by atoms with van der Waals surface area (Å²) in [7, 11) is 1.63. The van der Waals surface area contributed by atoms with Gasteiger partial charge in [0.15, 0.2) is 0 Å². The SMILES string of the molecule is CCc1ccc(OC)c(C(N)C(C#N)CC)c1. The Hall–Kier alpha value is -1.53. The molecule has 3 heteroatoms. The van der Waals surface area contributed by atoms with Gasteiger partial charge >= 0.3 is 0 Å². The van der Waals surface area contributed by atoms with E-state index in [4.69, 9.17) is 15.7 Å². The van der Waals surface area contributed by atoms with Gasteiger partial charge in [-0.05, 0) is 24.5 Å². The van der Waals surface area contributed by atoms with Gasteiger partial charge in [0.2, 0.25) is 0 Å². The molecule has 0 saturated carbocycles. The minimum absolute atomic E-state index is 0.170. The van der Waals surface area contributed by atoms with Crippen molar-refractivity contribution in [2.75, 3.05) is 7.11 Å². The highest BCUT2D eigenvalue weighted by Gasteiger charge is 2.20. The van der Waals surface area contributed by atoms with E-state index < -0.39 is 0 Å². The van der Waals surface area contributed by atoms with Crippen LogP contribution in [-0.4, -0.2) is 7.11 Å². The first kappa shape index (κ1) is 13.5. The van der Waals surface area contributed by atoms with E-state index >= 15 is 0 Å². The average Bonchev–Trinajstić information content (AvgIpc) is 2.39. The molecule has 0 fully saturated rings. The van der Waals surface area contributed by atoms with Gasteiger partial charge in [0.25, 0.3) is 0 Å². The predicted octanol–water partition coefficient (Wildman–Crippen LogP) is 2.81. The molecule has 0 amide bonds. The van der Waals surface area contributed by atoms with Crippen molar-refractivity contribution in [3.05, 3.63) is 29.3 Å². The topological polar surface area (TPSA) is 59.0 Å². The van der Waals surface area contributed by atoms with Crippen LogP contribution >= 0.6 is 0 Å². The number of nitrogens with two attached hydrogens (primary N) is 1. The highest BCUT2D eigenvalue weighted by atomic mass is 16.5. The monoisotopic (exact) mass is 232 g/mol. The van der Waals surface area contributed by atoms with E-state index in [2.05, 4.69) is 13.0 Å². The van der Waals surface area contributed by atoms with Crippen LogP contribution in [-0.2, 0) is 6.42 Å². The minimum Gasteiger partial charge on any atom is -0.496 e. The van der Waals surface area contributed by atoms with Crippen LogP contribution in [0.2, 0.25) is 0 Å². The molecule has 2 N–H and O–H groups in total. The summed E-state index contributed by atoms with van der Waals surface area (Å²) in [5.74, 6) is 0.597. The second-order valence-corrected chi connectivity index (χ2v) is 4.10. The van der Waals surface area contributed by atoms with Crippen LogP contribution in [0.5, 0.6) is 5.75 Å². The lowest BCUT2D eigenvalue weighted by molar-refractivity contribution is 0.397. The first-order valence-electron chi connectivity index (χ1n) is 5.99. The van der Waals surface area contributed by atoms with Crippen LogP contribution in [0.3, 0.4) is 0 Å². The summed E-state index contributed by atoms with van der Waals surface area (Å²) in [5, 5.41) is 9.08. The zero-order chi connectivity index (χ0) is 12.8. The number of aryl methyl sites for hydroxylation is 1. The molecule has 0 heterocycles. The fourth-order valence-electron chi connectivity index (χ4n) is 1.91. The largest absolute Gasteiger partial charge is 0.496 e. The predicted molar refractivity (Wildman–Crippen MR) is 68.7 cm³/mol. The molecule has 0 aromatic heterocycles. The van der Waals surface area contributed by atoms with Crippen molar-refractivity contribution in [1.82, 2.24) is 0 Å². The number of ether oxygens (including phenoxy) is 1. The quantitative estimate of drug-likeness (QED) is 0.849. The minimum atomic E-state index is -0.286. The lowest BCUT2D eigenvalue weighted by Gasteiger charge is -2.20. The number of rotatable bonds is 5. The molecule has 1 rings (SSSR count). The van der Waals surface area contributed by atoms with Gasteiger partial charge in [0.1, 0.15) is 5.75 Å². The van der Waals surface area contributed by atoms with Crippen molar-refractivity contribution in [2.45, 2.75) is 32.7 Å². The van der Waals surface area contributed by atoms with Crippen molar-refractivity contribution in [1.29, 1.82) is 5.26 Å². The average molecular weight is 232 g/mol. The van der Waals surface area contributed by atoms with Crippen molar-refractivity contribution >= 4 is 0 Å². The van der Waals surface area contributed by atoms with Crippen LogP contribution in [0.25, 0.3) is 0 Å². The molecule has 3 nitrogen and oxygen atoms in total. The smallest absolute Gasteiger partial charge is 0.123 e. The molecule has 0 aliphatic carbocycles. The molecule has 17 heavy (non-hydrogen) atoms. The van der Waals surface area contributed by atoms with Gasteiger partial charge in [-0.3, -0.25) is 0 Å². The second-order valence-electron chi connectivity index (χ2n) is 4.10. The Morgan fingerprint density at radius 3 is 2.59 bits per heavy atom. The summed E-state index contributed by atoms with van der Waals surface area (Å²) >= 11 is 0. The maximum absolute atomic E-state index is 9.08. The summed E-state index contributed by atoms with van der Waals surface area (Å²) in [6.07, 6.45) is 1.70. The first-order chi connectivity index (χ1) is 8.17. The van der Waals surface area contributed by atoms with Crippen LogP contribution in [0.15, 0.2) is 18.2 Å². The number of nitriles is 1. The van der Waals surface area contributed by atoms with Gasteiger partial charge in [-0.1, -0.05) is 26.0 Å². The van der Waals surface area contributed by atoms with Crippen molar-refractivity contribution < 1.29 is 4.74 Å². The Bertz CT molecular complexity index is 409. The fraction of sp³-hybridized carbons (Fsp3) is 0.500. The third kappa shape index (κ3) is 2.98. The Labute approximate surface area is 103 Å². The van der Waals surface area contributed by atoms with E-state index in [0.717, 1.165) is 24.2 Å². The van der Waals surface area contributed by atoms with Gasteiger partial charge in [0.05, 0.1) is 19.1 Å². The molecule has 0 aliphatic rings. The van der Waals surface area contributed by atoms with Crippen LogP contribution in [0.4, 0.5) is 0 Å². The second kappa shape index (κ2) is 6.27. The number of nitrogens with zero attached hydrogens (tertiary/aromatic N) is 1. The zero-order valence-electron chi connectivity index (χ0n) is 10.7. The molecule has 1 aromatic rings. The van der Waals surface area contributed by atoms with E-state index in [1.165, 1.54) is 5.56 Å². The van der Waals surface area contributed by atoms with E-state index in [-0.39, 0.29) is 12.0 Å². The summed E-state index contributed by atoms with van der Waals surface area (Å²) in [4.78, 5) is 0. The lowest BCUT2D eigenvalue weighted by atomic mass is 9.91. The molecule has 0 bridgehead atoms. The molecule has 0 radical (unpaired) electrons. The molecule has 2 unspecified atom stereocenters. The Kier molecular flexibility index (Phi) is 4.99. The fourth-order valence-corrected chi connectivity index (χ4v) is 1.91. The molecule has 0 aliphatic heterocycles. The number of hydrogen-bond acceptors (Lipinski definition) is 3. The lowest BCUT2D eigenvalue weighted by Crippen LogP contribution is -2.20. The van der Waals surface area contributed by atoms with E-state index in [9.17, 15) is 0 Å². The summed E-state index contributed by atoms with van der Waals surface area (Å²) in [5.41, 5.74) is 8.30. The molecule has 92 valence electrons. The van der Waals surface area contributed by atoms with Crippen molar-refractivity contribution in [3.63, 3.8) is 0 Å². The van der Waals surface area contributed by atoms with Gasteiger partial charge in [-0.15, -0.1) is 0 Å². The zero-order valence-corrected chi connectivity index (χ0v) is 10.7. The van der Waals surface area contributed by atoms with Gasteiger partial charge < -0.3 is 10.5 Å². The number of benzene rings is 1. The van der Waals surface area contributed by atoms with E-state index in [1.807, 2.05) is 25.1 Å². The maximum Gasteiger partial charge on any atom is 0.123 e. The van der Waals surface area contributed by atoms with Crippen LogP contribution in [0, 0.1) is 17.2 Å². The normalized spacial score (nSPS) is 13.8. The number of methoxy groups -OCH3 is 1. The Balaban J connectivity index is 3.13. The molecule has 1 aromatic carbocycles. The van der Waals surface area contributed by atoms with Crippen molar-refractivity contribution in [2.24, 2.45) is 11.7 Å². The molecule has 0 spiro atoms. The highest BCUT2D eigenvalue weighted by molar-refractivity contribution is 5.40. The molecular weight excluding hydrogens is 212 g/mol. The first-order valence-corrected chi connectivity index (χ1v) is 5.99. The van der Waals surface area contributed by atoms with E-state index in [0.29, 0.717) is 0 Å². The van der Waals surface area contributed by atoms with Crippen molar-refractivity contribution in [3.8, 4) is 11.8 Å². The molecular formula is C14H20N2O. The van der Waals surface area contributed by atoms with E-state index in [1.54, 1.807) is 7.11 Å². The van der Waals surface area contributed by atoms with Crippen LogP contribution < -0.4 is 10.5 Å². The third-order valence-electron chi connectivity index (χ3n) is 3.10. The highest BCUT2D eigenvalue weighted by Crippen LogP contribution is 2.30. The standard InChI is InChI=1S/C14H20N2O/c1-4-10-6-7-13(17-3)12(8-10)14(16)11(5-2)9-15/h6-8,11,14H,4-5,16H2,1-3H3. The maximum atomic E-state index is 9.08.